The van der Waals surface area contributed by atoms with Crippen LogP contribution in [0.1, 0.15) is 29.8 Å². The van der Waals surface area contributed by atoms with Crippen molar-refractivity contribution in [2.24, 2.45) is 10.2 Å². The monoisotopic (exact) mass is 417 g/mol. The summed E-state index contributed by atoms with van der Waals surface area (Å²) in [5, 5.41) is 20.3. The number of azo groups is 1. The molecule has 158 valence electrons. The first-order chi connectivity index (χ1) is 15.0. The number of esters is 1. The van der Waals surface area contributed by atoms with Gasteiger partial charge < -0.3 is 15.2 Å². The molecular formula is C24H23N3O4. The van der Waals surface area contributed by atoms with E-state index in [0.717, 1.165) is 12.0 Å². The lowest BCUT2D eigenvalue weighted by Crippen LogP contribution is -2.30. The summed E-state index contributed by atoms with van der Waals surface area (Å²) in [5.74, 6) is -0.985. The third-order valence-electron chi connectivity index (χ3n) is 4.53. The van der Waals surface area contributed by atoms with Crippen molar-refractivity contribution >= 4 is 28.9 Å². The van der Waals surface area contributed by atoms with Gasteiger partial charge in [-0.1, -0.05) is 31.2 Å². The zero-order valence-electron chi connectivity index (χ0n) is 17.3. The summed E-state index contributed by atoms with van der Waals surface area (Å²) >= 11 is 0. The minimum Gasteiger partial charge on any atom is -0.508 e. The maximum Gasteiger partial charge on any atom is 0.341 e. The highest BCUT2D eigenvalue weighted by Gasteiger charge is 2.21. The molecule has 0 aliphatic rings. The van der Waals surface area contributed by atoms with Gasteiger partial charge in [-0.2, -0.15) is 5.11 Å². The number of ether oxygens (including phenoxy) is 1. The maximum absolute atomic E-state index is 12.6. The highest BCUT2D eigenvalue weighted by molar-refractivity contribution is 5.99. The number of nitrogens with zero attached hydrogens (tertiary/aromatic N) is 2. The van der Waals surface area contributed by atoms with E-state index >= 15 is 0 Å². The molecule has 3 rings (SSSR count). The van der Waals surface area contributed by atoms with Crippen LogP contribution in [0.15, 0.2) is 83.0 Å². The molecule has 0 bridgehead atoms. The lowest BCUT2D eigenvalue weighted by atomic mass is 10.1. The van der Waals surface area contributed by atoms with Gasteiger partial charge in [-0.05, 0) is 67.4 Å². The molecule has 3 aromatic rings. The highest BCUT2D eigenvalue weighted by Crippen LogP contribution is 2.24. The number of benzene rings is 3. The van der Waals surface area contributed by atoms with Crippen molar-refractivity contribution in [2.75, 3.05) is 5.32 Å². The van der Waals surface area contributed by atoms with Gasteiger partial charge in [-0.15, -0.1) is 5.11 Å². The van der Waals surface area contributed by atoms with Crippen LogP contribution in [-0.4, -0.2) is 23.1 Å². The Kier molecular flexibility index (Phi) is 7.11. The fraction of sp³-hybridized carbons (Fsp3) is 0.167. The van der Waals surface area contributed by atoms with Crippen LogP contribution in [0.4, 0.5) is 17.1 Å². The molecule has 0 aliphatic carbocycles. The standard InChI is InChI=1S/C24H23N3O4/c1-3-17-8-10-18(11-9-17)25-23(29)16(2)31-24(30)21-6-4-5-7-22(21)27-26-19-12-14-20(28)15-13-19/h4-16,28H,3H2,1-2H3,(H,25,29)/t16-/m0/s1. The first-order valence-electron chi connectivity index (χ1n) is 9.87. The minimum absolute atomic E-state index is 0.122. The molecule has 0 saturated heterocycles. The van der Waals surface area contributed by atoms with Crippen LogP contribution in [0.5, 0.6) is 5.75 Å². The van der Waals surface area contributed by atoms with E-state index in [1.165, 1.54) is 19.1 Å². The zero-order chi connectivity index (χ0) is 22.2. The molecule has 7 heteroatoms. The van der Waals surface area contributed by atoms with Gasteiger partial charge in [0.05, 0.1) is 11.3 Å². The van der Waals surface area contributed by atoms with Gasteiger partial charge in [-0.3, -0.25) is 4.79 Å². The molecule has 1 amide bonds. The molecule has 0 saturated carbocycles. The van der Waals surface area contributed by atoms with E-state index in [-0.39, 0.29) is 11.3 Å². The largest absolute Gasteiger partial charge is 0.508 e. The SMILES string of the molecule is CCc1ccc(NC(=O)[C@H](C)OC(=O)c2ccccc2N=Nc2ccc(O)cc2)cc1. The quantitative estimate of drug-likeness (QED) is 0.388. The van der Waals surface area contributed by atoms with Crippen LogP contribution < -0.4 is 5.32 Å². The number of amides is 1. The summed E-state index contributed by atoms with van der Waals surface area (Å²) in [5.41, 5.74) is 2.81. The Morgan fingerprint density at radius 3 is 2.32 bits per heavy atom. The van der Waals surface area contributed by atoms with Gasteiger partial charge in [0.15, 0.2) is 6.10 Å². The first kappa shape index (κ1) is 21.7. The van der Waals surface area contributed by atoms with Crippen molar-refractivity contribution in [1.82, 2.24) is 0 Å². The number of nitrogens with one attached hydrogen (secondary N) is 1. The third-order valence-corrected chi connectivity index (χ3v) is 4.53. The molecule has 0 heterocycles. The molecule has 7 nitrogen and oxygen atoms in total. The van der Waals surface area contributed by atoms with E-state index in [1.54, 1.807) is 36.4 Å². The van der Waals surface area contributed by atoms with Gasteiger partial charge in [0.25, 0.3) is 5.91 Å². The summed E-state index contributed by atoms with van der Waals surface area (Å²) in [6, 6.07) is 20.2. The number of phenolic OH excluding ortho intramolecular Hbond substituents is 1. The van der Waals surface area contributed by atoms with Crippen LogP contribution in [0, 0.1) is 0 Å². The molecule has 31 heavy (non-hydrogen) atoms. The van der Waals surface area contributed by atoms with E-state index in [0.29, 0.717) is 17.1 Å². The van der Waals surface area contributed by atoms with Gasteiger partial charge in [0.2, 0.25) is 0 Å². The molecule has 2 N–H and O–H groups in total. The van der Waals surface area contributed by atoms with Gasteiger partial charge >= 0.3 is 5.97 Å². The number of carbonyl (C=O) groups excluding carboxylic acids is 2. The normalized spacial score (nSPS) is 11.8. The molecule has 0 spiro atoms. The van der Waals surface area contributed by atoms with Crippen LogP contribution >= 0.6 is 0 Å². The van der Waals surface area contributed by atoms with Crippen LogP contribution in [0.3, 0.4) is 0 Å². The van der Waals surface area contributed by atoms with Crippen molar-refractivity contribution in [2.45, 2.75) is 26.4 Å². The lowest BCUT2D eigenvalue weighted by Gasteiger charge is -2.14. The predicted octanol–water partition coefficient (Wildman–Crippen LogP) is 5.55. The number of hydrogen-bond acceptors (Lipinski definition) is 6. The maximum atomic E-state index is 12.6. The molecule has 0 unspecified atom stereocenters. The molecule has 0 aromatic heterocycles. The Balaban J connectivity index is 1.66. The third kappa shape index (κ3) is 5.99. The minimum atomic E-state index is -1.000. The molecule has 0 radical (unpaired) electrons. The van der Waals surface area contributed by atoms with E-state index in [1.807, 2.05) is 24.3 Å². The van der Waals surface area contributed by atoms with Gasteiger partial charge in [0, 0.05) is 5.69 Å². The number of rotatable bonds is 7. The predicted molar refractivity (Wildman–Crippen MR) is 118 cm³/mol. The number of anilines is 1. The fourth-order valence-electron chi connectivity index (χ4n) is 2.71. The Labute approximate surface area is 180 Å². The topological polar surface area (TPSA) is 100 Å². The Hall–Kier alpha value is -4.00. The summed E-state index contributed by atoms with van der Waals surface area (Å²) < 4.78 is 5.34. The van der Waals surface area contributed by atoms with E-state index in [4.69, 9.17) is 4.74 Å². The molecule has 0 aliphatic heterocycles. The molecular weight excluding hydrogens is 394 g/mol. The van der Waals surface area contributed by atoms with E-state index in [2.05, 4.69) is 22.5 Å². The molecule has 0 fully saturated rings. The summed E-state index contributed by atoms with van der Waals surface area (Å²) in [6.45, 7) is 3.56. The molecule has 1 atom stereocenters. The van der Waals surface area contributed by atoms with Crippen molar-refractivity contribution in [3.8, 4) is 5.75 Å². The Morgan fingerprint density at radius 1 is 0.968 bits per heavy atom. The summed E-state index contributed by atoms with van der Waals surface area (Å²) in [7, 11) is 0. The van der Waals surface area contributed by atoms with Crippen LogP contribution in [-0.2, 0) is 16.0 Å². The Morgan fingerprint density at radius 2 is 1.65 bits per heavy atom. The van der Waals surface area contributed by atoms with Crippen LogP contribution in [0.2, 0.25) is 0 Å². The van der Waals surface area contributed by atoms with Crippen molar-refractivity contribution in [3.05, 3.63) is 83.9 Å². The second-order valence-electron chi connectivity index (χ2n) is 6.82. The lowest BCUT2D eigenvalue weighted by molar-refractivity contribution is -0.123. The van der Waals surface area contributed by atoms with E-state index in [9.17, 15) is 14.7 Å². The van der Waals surface area contributed by atoms with Gasteiger partial charge in [0.1, 0.15) is 11.4 Å². The fourth-order valence-corrected chi connectivity index (χ4v) is 2.71. The van der Waals surface area contributed by atoms with Crippen molar-refractivity contribution in [1.29, 1.82) is 0 Å². The summed E-state index contributed by atoms with van der Waals surface area (Å²) in [6.07, 6.45) is -0.0911. The highest BCUT2D eigenvalue weighted by atomic mass is 16.5. The number of aromatic hydroxyl groups is 1. The van der Waals surface area contributed by atoms with Gasteiger partial charge in [-0.25, -0.2) is 4.79 Å². The van der Waals surface area contributed by atoms with Crippen LogP contribution in [0.25, 0.3) is 0 Å². The average molecular weight is 417 g/mol. The second-order valence-corrected chi connectivity index (χ2v) is 6.82. The Bertz CT molecular complexity index is 1080. The smallest absolute Gasteiger partial charge is 0.341 e. The van der Waals surface area contributed by atoms with Crippen molar-refractivity contribution < 1.29 is 19.4 Å². The molecule has 3 aromatic carbocycles. The number of carbonyl (C=O) groups is 2. The first-order valence-corrected chi connectivity index (χ1v) is 9.87. The number of aryl methyl sites for hydroxylation is 1. The van der Waals surface area contributed by atoms with Crippen molar-refractivity contribution in [3.63, 3.8) is 0 Å². The second kappa shape index (κ2) is 10.2. The summed E-state index contributed by atoms with van der Waals surface area (Å²) in [4.78, 5) is 25.0. The van der Waals surface area contributed by atoms with E-state index < -0.39 is 18.0 Å². The average Bonchev–Trinajstić information content (AvgIpc) is 2.79. The zero-order valence-corrected chi connectivity index (χ0v) is 17.3. The number of hydrogen-bond donors (Lipinski definition) is 2. The number of phenols is 1.